The molecule has 0 bridgehead atoms. The quantitative estimate of drug-likeness (QED) is 0.768. The van der Waals surface area contributed by atoms with Crippen LogP contribution >= 0.6 is 0 Å². The molecule has 21 heavy (non-hydrogen) atoms. The zero-order chi connectivity index (χ0) is 15.1. The van der Waals surface area contributed by atoms with Crippen LogP contribution in [0.25, 0.3) is 0 Å². The van der Waals surface area contributed by atoms with Gasteiger partial charge in [-0.05, 0) is 30.7 Å². The fourth-order valence-corrected chi connectivity index (χ4v) is 2.07. The summed E-state index contributed by atoms with van der Waals surface area (Å²) >= 11 is 0. The van der Waals surface area contributed by atoms with E-state index >= 15 is 0 Å². The lowest BCUT2D eigenvalue weighted by atomic mass is 10.1. The van der Waals surface area contributed by atoms with Gasteiger partial charge in [0.15, 0.2) is 0 Å². The summed E-state index contributed by atoms with van der Waals surface area (Å²) in [6.07, 6.45) is 1.73. The van der Waals surface area contributed by atoms with E-state index < -0.39 is 0 Å². The fourth-order valence-electron chi connectivity index (χ4n) is 2.07. The molecule has 0 aliphatic rings. The SMILES string of the molecule is C=CCOc1ccccc1CN[C@H](C)c1ccc(F)cc1. The van der Waals surface area contributed by atoms with Crippen molar-refractivity contribution in [3.05, 3.63) is 78.1 Å². The normalized spacial score (nSPS) is 11.9. The van der Waals surface area contributed by atoms with E-state index in [4.69, 9.17) is 4.74 Å². The lowest BCUT2D eigenvalue weighted by molar-refractivity contribution is 0.357. The summed E-state index contributed by atoms with van der Waals surface area (Å²) in [7, 11) is 0. The Kier molecular flexibility index (Phi) is 5.52. The van der Waals surface area contributed by atoms with Crippen molar-refractivity contribution in [2.45, 2.75) is 19.5 Å². The molecule has 0 aliphatic heterocycles. The number of ether oxygens (including phenoxy) is 1. The maximum atomic E-state index is 12.9. The van der Waals surface area contributed by atoms with Crippen molar-refractivity contribution in [2.24, 2.45) is 0 Å². The molecule has 0 unspecified atom stereocenters. The summed E-state index contributed by atoms with van der Waals surface area (Å²) in [4.78, 5) is 0. The van der Waals surface area contributed by atoms with Crippen LogP contribution in [0.2, 0.25) is 0 Å². The minimum Gasteiger partial charge on any atom is -0.489 e. The first-order valence-electron chi connectivity index (χ1n) is 7.01. The number of halogens is 1. The molecule has 110 valence electrons. The molecule has 0 aliphatic carbocycles. The highest BCUT2D eigenvalue weighted by atomic mass is 19.1. The van der Waals surface area contributed by atoms with Crippen LogP contribution in [0.4, 0.5) is 4.39 Å². The van der Waals surface area contributed by atoms with Gasteiger partial charge in [0.05, 0.1) is 0 Å². The van der Waals surface area contributed by atoms with Crippen molar-refractivity contribution in [3.8, 4) is 5.75 Å². The molecule has 2 nitrogen and oxygen atoms in total. The Balaban J connectivity index is 1.99. The predicted octanol–water partition coefficient (Wildman–Crippen LogP) is 4.24. The van der Waals surface area contributed by atoms with Crippen molar-refractivity contribution in [1.29, 1.82) is 0 Å². The molecule has 1 atom stereocenters. The first kappa shape index (κ1) is 15.3. The molecule has 0 spiro atoms. The van der Waals surface area contributed by atoms with Gasteiger partial charge in [0, 0.05) is 18.2 Å². The number of para-hydroxylation sites is 1. The van der Waals surface area contributed by atoms with Crippen molar-refractivity contribution in [1.82, 2.24) is 5.32 Å². The summed E-state index contributed by atoms with van der Waals surface area (Å²) in [5, 5.41) is 3.42. The Labute approximate surface area is 125 Å². The second-order valence-electron chi connectivity index (χ2n) is 4.86. The van der Waals surface area contributed by atoms with Gasteiger partial charge in [-0.15, -0.1) is 0 Å². The number of benzene rings is 2. The number of nitrogens with one attached hydrogen (secondary N) is 1. The summed E-state index contributed by atoms with van der Waals surface area (Å²) in [6, 6.07) is 14.6. The smallest absolute Gasteiger partial charge is 0.124 e. The zero-order valence-electron chi connectivity index (χ0n) is 12.2. The highest BCUT2D eigenvalue weighted by Crippen LogP contribution is 2.20. The molecule has 0 radical (unpaired) electrons. The predicted molar refractivity (Wildman–Crippen MR) is 83.8 cm³/mol. The van der Waals surface area contributed by atoms with E-state index in [1.807, 2.05) is 24.3 Å². The molecule has 0 saturated carbocycles. The molecule has 0 saturated heterocycles. The molecule has 3 heteroatoms. The number of hydrogen-bond donors (Lipinski definition) is 1. The molecular weight excluding hydrogens is 265 g/mol. The monoisotopic (exact) mass is 285 g/mol. The first-order chi connectivity index (χ1) is 10.2. The maximum absolute atomic E-state index is 12.9. The third kappa shape index (κ3) is 4.43. The van der Waals surface area contributed by atoms with E-state index in [1.165, 1.54) is 12.1 Å². The standard InChI is InChI=1S/C18H20FNO/c1-3-12-21-18-7-5-4-6-16(18)13-20-14(2)15-8-10-17(19)11-9-15/h3-11,14,20H,1,12-13H2,2H3/t14-/m1/s1. The van der Waals surface area contributed by atoms with E-state index in [0.29, 0.717) is 13.2 Å². The van der Waals surface area contributed by atoms with Gasteiger partial charge >= 0.3 is 0 Å². The van der Waals surface area contributed by atoms with Gasteiger partial charge in [-0.25, -0.2) is 4.39 Å². The van der Waals surface area contributed by atoms with Gasteiger partial charge in [0.25, 0.3) is 0 Å². The van der Waals surface area contributed by atoms with Crippen molar-refractivity contribution in [2.75, 3.05) is 6.61 Å². The lowest BCUT2D eigenvalue weighted by Crippen LogP contribution is -2.18. The van der Waals surface area contributed by atoms with Gasteiger partial charge in [-0.3, -0.25) is 0 Å². The van der Waals surface area contributed by atoms with E-state index in [-0.39, 0.29) is 11.9 Å². The Morgan fingerprint density at radius 1 is 1.19 bits per heavy atom. The Morgan fingerprint density at radius 3 is 2.62 bits per heavy atom. The van der Waals surface area contributed by atoms with Crippen LogP contribution in [0, 0.1) is 5.82 Å². The number of rotatable bonds is 7. The molecule has 0 fully saturated rings. The van der Waals surface area contributed by atoms with Crippen LogP contribution in [0.1, 0.15) is 24.1 Å². The molecule has 1 N–H and O–H groups in total. The van der Waals surface area contributed by atoms with E-state index in [9.17, 15) is 4.39 Å². The average Bonchev–Trinajstić information content (AvgIpc) is 2.52. The highest BCUT2D eigenvalue weighted by Gasteiger charge is 2.07. The third-order valence-corrected chi connectivity index (χ3v) is 3.30. The Hall–Kier alpha value is -2.13. The van der Waals surface area contributed by atoms with Gasteiger partial charge in [0.1, 0.15) is 18.2 Å². The summed E-state index contributed by atoms with van der Waals surface area (Å²) in [5.41, 5.74) is 2.15. The van der Waals surface area contributed by atoms with E-state index in [0.717, 1.165) is 16.9 Å². The van der Waals surface area contributed by atoms with Crippen LogP contribution in [-0.4, -0.2) is 6.61 Å². The van der Waals surface area contributed by atoms with Crippen molar-refractivity contribution < 1.29 is 9.13 Å². The minimum atomic E-state index is -0.214. The largest absolute Gasteiger partial charge is 0.489 e. The fraction of sp³-hybridized carbons (Fsp3) is 0.222. The van der Waals surface area contributed by atoms with Gasteiger partial charge in [0.2, 0.25) is 0 Å². The highest BCUT2D eigenvalue weighted by molar-refractivity contribution is 5.33. The maximum Gasteiger partial charge on any atom is 0.124 e. The van der Waals surface area contributed by atoms with Crippen LogP contribution < -0.4 is 10.1 Å². The molecule has 2 aromatic carbocycles. The molecule has 2 aromatic rings. The Morgan fingerprint density at radius 2 is 1.90 bits per heavy atom. The topological polar surface area (TPSA) is 21.3 Å². The molecular formula is C18H20FNO. The van der Waals surface area contributed by atoms with E-state index in [2.05, 4.69) is 18.8 Å². The summed E-state index contributed by atoms with van der Waals surface area (Å²) in [5.74, 6) is 0.644. The zero-order valence-corrected chi connectivity index (χ0v) is 12.2. The molecule has 2 rings (SSSR count). The van der Waals surface area contributed by atoms with Crippen molar-refractivity contribution in [3.63, 3.8) is 0 Å². The second kappa shape index (κ2) is 7.60. The first-order valence-corrected chi connectivity index (χ1v) is 7.01. The summed E-state index contributed by atoms with van der Waals surface area (Å²) in [6.45, 7) is 6.89. The van der Waals surface area contributed by atoms with Gasteiger partial charge in [-0.1, -0.05) is 43.0 Å². The number of hydrogen-bond acceptors (Lipinski definition) is 2. The average molecular weight is 285 g/mol. The molecule has 0 amide bonds. The van der Waals surface area contributed by atoms with E-state index in [1.54, 1.807) is 18.2 Å². The van der Waals surface area contributed by atoms with Crippen LogP contribution in [0.15, 0.2) is 61.2 Å². The molecule has 0 heterocycles. The second-order valence-corrected chi connectivity index (χ2v) is 4.86. The van der Waals surface area contributed by atoms with Crippen LogP contribution in [0.3, 0.4) is 0 Å². The lowest BCUT2D eigenvalue weighted by Gasteiger charge is -2.16. The van der Waals surface area contributed by atoms with Gasteiger partial charge < -0.3 is 10.1 Å². The van der Waals surface area contributed by atoms with Crippen LogP contribution in [-0.2, 0) is 6.54 Å². The molecule has 0 aromatic heterocycles. The third-order valence-electron chi connectivity index (χ3n) is 3.30. The Bertz CT molecular complexity index is 580. The van der Waals surface area contributed by atoms with Crippen LogP contribution in [0.5, 0.6) is 5.75 Å². The van der Waals surface area contributed by atoms with Crippen molar-refractivity contribution >= 4 is 0 Å². The summed E-state index contributed by atoms with van der Waals surface area (Å²) < 4.78 is 18.6. The minimum absolute atomic E-state index is 0.137. The van der Waals surface area contributed by atoms with Gasteiger partial charge in [-0.2, -0.15) is 0 Å².